The highest BCUT2D eigenvalue weighted by Crippen LogP contribution is 2.25. The number of hydrogen-bond donors (Lipinski definition) is 0. The molecular formula is C9H19N. The molecule has 0 aromatic rings. The normalized spacial score (nSPS) is 43.8. The van der Waals surface area contributed by atoms with Crippen LogP contribution in [0.5, 0.6) is 0 Å². The van der Waals surface area contributed by atoms with Crippen LogP contribution in [-0.4, -0.2) is 24.0 Å². The smallest absolute Gasteiger partial charge is 0.00923 e. The molecule has 0 amide bonds. The van der Waals surface area contributed by atoms with Crippen LogP contribution >= 0.6 is 0 Å². The Morgan fingerprint density at radius 3 is 2.20 bits per heavy atom. The topological polar surface area (TPSA) is 3.24 Å². The van der Waals surface area contributed by atoms with E-state index in [0.29, 0.717) is 0 Å². The average Bonchev–Trinajstić information content (AvgIpc) is 1.93. The first-order valence-electron chi connectivity index (χ1n) is 4.35. The van der Waals surface area contributed by atoms with Gasteiger partial charge in [-0.2, -0.15) is 0 Å². The van der Waals surface area contributed by atoms with Crippen LogP contribution in [0, 0.1) is 5.92 Å². The Bertz CT molecular complexity index is 97.3. The maximum atomic E-state index is 2.49. The summed E-state index contributed by atoms with van der Waals surface area (Å²) in [5, 5.41) is 0. The van der Waals surface area contributed by atoms with E-state index in [0.717, 1.165) is 18.0 Å². The molecule has 0 spiro atoms. The molecule has 0 radical (unpaired) electrons. The van der Waals surface area contributed by atoms with Gasteiger partial charge in [0.25, 0.3) is 0 Å². The van der Waals surface area contributed by atoms with Gasteiger partial charge in [-0.15, -0.1) is 0 Å². The van der Waals surface area contributed by atoms with Gasteiger partial charge in [0.2, 0.25) is 0 Å². The molecule has 0 bridgehead atoms. The lowest BCUT2D eigenvalue weighted by Gasteiger charge is -2.40. The zero-order valence-electron chi connectivity index (χ0n) is 7.59. The van der Waals surface area contributed by atoms with E-state index in [-0.39, 0.29) is 0 Å². The molecule has 10 heavy (non-hydrogen) atoms. The fourth-order valence-electron chi connectivity index (χ4n) is 1.75. The Hall–Kier alpha value is -0.0400. The second-order valence-electron chi connectivity index (χ2n) is 3.81. The molecule has 0 aliphatic carbocycles. The highest BCUT2D eigenvalue weighted by atomic mass is 15.2. The van der Waals surface area contributed by atoms with Crippen LogP contribution in [0.1, 0.15) is 33.6 Å². The van der Waals surface area contributed by atoms with Crippen LogP contribution in [0.25, 0.3) is 0 Å². The first kappa shape index (κ1) is 8.06. The molecule has 0 aromatic heterocycles. The zero-order valence-corrected chi connectivity index (χ0v) is 7.59. The van der Waals surface area contributed by atoms with Gasteiger partial charge in [-0.25, -0.2) is 0 Å². The summed E-state index contributed by atoms with van der Waals surface area (Å²) in [6.45, 7) is 7.01. The molecule has 1 saturated heterocycles. The number of rotatable bonds is 0. The third-order valence-corrected chi connectivity index (χ3v) is 3.20. The molecule has 0 aromatic carbocycles. The van der Waals surface area contributed by atoms with Crippen LogP contribution in [0.15, 0.2) is 0 Å². The summed E-state index contributed by atoms with van der Waals surface area (Å²) >= 11 is 0. The summed E-state index contributed by atoms with van der Waals surface area (Å²) in [4.78, 5) is 2.49. The highest BCUT2D eigenvalue weighted by Gasteiger charge is 2.26. The van der Waals surface area contributed by atoms with E-state index in [1.54, 1.807) is 0 Å². The molecule has 0 N–H and O–H groups in total. The monoisotopic (exact) mass is 141 g/mol. The predicted molar refractivity (Wildman–Crippen MR) is 45.1 cm³/mol. The van der Waals surface area contributed by atoms with Gasteiger partial charge in [-0.05, 0) is 39.7 Å². The molecule has 1 nitrogen and oxygen atoms in total. The lowest BCUT2D eigenvalue weighted by atomic mass is 9.89. The van der Waals surface area contributed by atoms with E-state index in [9.17, 15) is 0 Å². The van der Waals surface area contributed by atoms with Gasteiger partial charge in [0.15, 0.2) is 0 Å². The predicted octanol–water partition coefficient (Wildman–Crippen LogP) is 2.13. The van der Waals surface area contributed by atoms with Crippen molar-refractivity contribution in [3.8, 4) is 0 Å². The molecule has 1 fully saturated rings. The molecule has 3 unspecified atom stereocenters. The minimum atomic E-state index is 0.781. The molecule has 1 aliphatic rings. The van der Waals surface area contributed by atoms with Crippen molar-refractivity contribution in [3.63, 3.8) is 0 Å². The molecule has 1 aliphatic heterocycles. The van der Waals surface area contributed by atoms with Gasteiger partial charge in [0.05, 0.1) is 0 Å². The Morgan fingerprint density at radius 1 is 1.10 bits per heavy atom. The van der Waals surface area contributed by atoms with E-state index >= 15 is 0 Å². The lowest BCUT2D eigenvalue weighted by molar-refractivity contribution is 0.0931. The van der Waals surface area contributed by atoms with Crippen molar-refractivity contribution in [3.05, 3.63) is 0 Å². The lowest BCUT2D eigenvalue weighted by Crippen LogP contribution is -2.44. The standard InChI is InChI=1S/C9H19N/c1-7-5-6-8(2)10(4)9(7)3/h7-9H,5-6H2,1-4H3. The Kier molecular flexibility index (Phi) is 2.35. The number of hydrogen-bond acceptors (Lipinski definition) is 1. The van der Waals surface area contributed by atoms with E-state index in [1.165, 1.54) is 12.8 Å². The van der Waals surface area contributed by atoms with Gasteiger partial charge in [-0.3, -0.25) is 0 Å². The zero-order chi connectivity index (χ0) is 7.72. The Labute approximate surface area is 64.4 Å². The van der Waals surface area contributed by atoms with Crippen molar-refractivity contribution in [2.75, 3.05) is 7.05 Å². The molecule has 3 atom stereocenters. The first-order valence-corrected chi connectivity index (χ1v) is 4.35. The van der Waals surface area contributed by atoms with E-state index in [2.05, 4.69) is 32.7 Å². The maximum Gasteiger partial charge on any atom is 0.00923 e. The summed E-state index contributed by atoms with van der Waals surface area (Å²) in [5.74, 6) is 0.890. The molecule has 60 valence electrons. The van der Waals surface area contributed by atoms with Crippen LogP contribution < -0.4 is 0 Å². The largest absolute Gasteiger partial charge is 0.301 e. The highest BCUT2D eigenvalue weighted by molar-refractivity contribution is 4.80. The molecule has 0 saturated carbocycles. The first-order chi connectivity index (χ1) is 4.63. The van der Waals surface area contributed by atoms with E-state index < -0.39 is 0 Å². The van der Waals surface area contributed by atoms with Crippen LogP contribution in [0.3, 0.4) is 0 Å². The van der Waals surface area contributed by atoms with E-state index in [1.807, 2.05) is 0 Å². The Balaban J connectivity index is 2.52. The third-order valence-electron chi connectivity index (χ3n) is 3.20. The SMILES string of the molecule is CC1CCC(C)N(C)C1C. The number of likely N-dealkylation sites (tertiary alicyclic amines) is 1. The summed E-state index contributed by atoms with van der Waals surface area (Å²) in [7, 11) is 2.24. The number of piperidine rings is 1. The Morgan fingerprint density at radius 2 is 1.70 bits per heavy atom. The van der Waals surface area contributed by atoms with E-state index in [4.69, 9.17) is 0 Å². The third kappa shape index (κ3) is 1.34. The van der Waals surface area contributed by atoms with Gasteiger partial charge in [0, 0.05) is 12.1 Å². The van der Waals surface area contributed by atoms with Crippen LogP contribution in [0.4, 0.5) is 0 Å². The molecule has 1 heteroatoms. The summed E-state index contributed by atoms with van der Waals surface area (Å²) in [5.41, 5.74) is 0. The second-order valence-corrected chi connectivity index (χ2v) is 3.81. The van der Waals surface area contributed by atoms with Gasteiger partial charge >= 0.3 is 0 Å². The maximum absolute atomic E-state index is 2.49. The summed E-state index contributed by atoms with van der Waals surface area (Å²) < 4.78 is 0. The quantitative estimate of drug-likeness (QED) is 0.499. The van der Waals surface area contributed by atoms with Gasteiger partial charge < -0.3 is 4.90 Å². The van der Waals surface area contributed by atoms with Crippen molar-refractivity contribution in [1.82, 2.24) is 4.90 Å². The second kappa shape index (κ2) is 2.91. The molecular weight excluding hydrogens is 122 g/mol. The summed E-state index contributed by atoms with van der Waals surface area (Å²) in [6, 6.07) is 1.58. The minimum Gasteiger partial charge on any atom is -0.301 e. The fraction of sp³-hybridized carbons (Fsp3) is 1.00. The molecule has 1 rings (SSSR count). The van der Waals surface area contributed by atoms with Gasteiger partial charge in [-0.1, -0.05) is 6.92 Å². The van der Waals surface area contributed by atoms with Gasteiger partial charge in [0.1, 0.15) is 0 Å². The van der Waals surface area contributed by atoms with Crippen molar-refractivity contribution in [2.45, 2.75) is 45.7 Å². The molecule has 1 heterocycles. The minimum absolute atomic E-state index is 0.781. The summed E-state index contributed by atoms with van der Waals surface area (Å²) in [6.07, 6.45) is 2.79. The average molecular weight is 141 g/mol. The van der Waals surface area contributed by atoms with Crippen LogP contribution in [0.2, 0.25) is 0 Å². The van der Waals surface area contributed by atoms with Crippen LogP contribution in [-0.2, 0) is 0 Å². The van der Waals surface area contributed by atoms with Crippen molar-refractivity contribution in [1.29, 1.82) is 0 Å². The van der Waals surface area contributed by atoms with Crippen molar-refractivity contribution >= 4 is 0 Å². The fourth-order valence-corrected chi connectivity index (χ4v) is 1.75. The van der Waals surface area contributed by atoms with Crippen molar-refractivity contribution < 1.29 is 0 Å². The van der Waals surface area contributed by atoms with Crippen molar-refractivity contribution in [2.24, 2.45) is 5.92 Å². The number of nitrogens with zero attached hydrogens (tertiary/aromatic N) is 1.